The first kappa shape index (κ1) is 17.8. The first-order valence-electron chi connectivity index (χ1n) is 8.75. The van der Waals surface area contributed by atoms with E-state index in [4.69, 9.17) is 4.74 Å². The lowest BCUT2D eigenvalue weighted by Gasteiger charge is -2.22. The van der Waals surface area contributed by atoms with Crippen LogP contribution in [0.3, 0.4) is 0 Å². The van der Waals surface area contributed by atoms with Crippen LogP contribution in [0.25, 0.3) is 0 Å². The van der Waals surface area contributed by atoms with Crippen LogP contribution in [-0.2, 0) is 4.74 Å². The maximum absolute atomic E-state index is 5.70. The summed E-state index contributed by atoms with van der Waals surface area (Å²) in [6.07, 6.45) is 3.78. The van der Waals surface area contributed by atoms with Gasteiger partial charge in [-0.2, -0.15) is 0 Å². The molecule has 0 heterocycles. The molecule has 1 saturated carbocycles. The minimum absolute atomic E-state index is 0.550. The van der Waals surface area contributed by atoms with Gasteiger partial charge in [0.05, 0.1) is 6.61 Å². The number of ether oxygens (including phenoxy) is 1. The van der Waals surface area contributed by atoms with Crippen LogP contribution < -0.4 is 5.32 Å². The second-order valence-corrected chi connectivity index (χ2v) is 6.51. The van der Waals surface area contributed by atoms with Crippen molar-refractivity contribution in [3.63, 3.8) is 0 Å². The molecule has 0 aromatic heterocycles. The number of guanidine groups is 1. The van der Waals surface area contributed by atoms with Gasteiger partial charge in [0.15, 0.2) is 5.96 Å². The Morgan fingerprint density at radius 1 is 1.35 bits per heavy atom. The van der Waals surface area contributed by atoms with Crippen molar-refractivity contribution in [2.45, 2.75) is 32.1 Å². The molecule has 4 heteroatoms. The Morgan fingerprint density at radius 3 is 2.74 bits per heavy atom. The molecule has 1 aliphatic carbocycles. The zero-order chi connectivity index (χ0) is 16.5. The maximum atomic E-state index is 5.70. The van der Waals surface area contributed by atoms with E-state index in [1.807, 2.05) is 7.05 Å². The Balaban J connectivity index is 1.63. The van der Waals surface area contributed by atoms with Crippen molar-refractivity contribution in [3.8, 4) is 0 Å². The summed E-state index contributed by atoms with van der Waals surface area (Å²) in [5, 5.41) is 3.45. The highest BCUT2D eigenvalue weighted by atomic mass is 16.5. The highest BCUT2D eigenvalue weighted by Crippen LogP contribution is 2.28. The molecule has 23 heavy (non-hydrogen) atoms. The number of rotatable bonds is 9. The number of benzene rings is 1. The van der Waals surface area contributed by atoms with Crippen molar-refractivity contribution in [1.82, 2.24) is 10.2 Å². The molecular formula is C19H31N3O. The molecule has 1 atom stereocenters. The van der Waals surface area contributed by atoms with Crippen molar-refractivity contribution < 1.29 is 4.74 Å². The standard InChI is InChI=1S/C19H31N3O/c1-16(18-7-5-4-6-8-18)11-12-21-19(20-2)22(3)13-14-23-15-17-9-10-17/h4-8,16-17H,9-15H2,1-3H3,(H,20,21). The van der Waals surface area contributed by atoms with Crippen LogP contribution in [0.15, 0.2) is 35.3 Å². The molecule has 0 saturated heterocycles. The topological polar surface area (TPSA) is 36.9 Å². The van der Waals surface area contributed by atoms with Gasteiger partial charge in [0.25, 0.3) is 0 Å². The quantitative estimate of drug-likeness (QED) is 0.432. The van der Waals surface area contributed by atoms with Crippen LogP contribution in [0, 0.1) is 5.92 Å². The number of aliphatic imine (C=N–C) groups is 1. The average Bonchev–Trinajstić information content (AvgIpc) is 3.40. The fraction of sp³-hybridized carbons (Fsp3) is 0.632. The molecule has 0 bridgehead atoms. The van der Waals surface area contributed by atoms with E-state index in [0.717, 1.165) is 44.6 Å². The maximum Gasteiger partial charge on any atom is 0.193 e. The second-order valence-electron chi connectivity index (χ2n) is 6.51. The van der Waals surface area contributed by atoms with Gasteiger partial charge < -0.3 is 15.0 Å². The van der Waals surface area contributed by atoms with Gasteiger partial charge in [-0.25, -0.2) is 0 Å². The van der Waals surface area contributed by atoms with Crippen LogP contribution in [0.4, 0.5) is 0 Å². The van der Waals surface area contributed by atoms with Crippen molar-refractivity contribution in [3.05, 3.63) is 35.9 Å². The molecule has 1 aliphatic rings. The van der Waals surface area contributed by atoms with E-state index < -0.39 is 0 Å². The van der Waals surface area contributed by atoms with Crippen molar-refractivity contribution in [1.29, 1.82) is 0 Å². The molecule has 0 aliphatic heterocycles. The average molecular weight is 317 g/mol. The largest absolute Gasteiger partial charge is 0.379 e. The lowest BCUT2D eigenvalue weighted by atomic mass is 9.98. The molecule has 0 radical (unpaired) electrons. The van der Waals surface area contributed by atoms with Gasteiger partial charge in [0.2, 0.25) is 0 Å². The Labute approximate surface area is 140 Å². The third-order valence-electron chi connectivity index (χ3n) is 4.42. The third kappa shape index (κ3) is 6.61. The third-order valence-corrected chi connectivity index (χ3v) is 4.42. The Morgan fingerprint density at radius 2 is 2.09 bits per heavy atom. The molecule has 1 fully saturated rings. The molecular weight excluding hydrogens is 286 g/mol. The number of likely N-dealkylation sites (N-methyl/N-ethyl adjacent to an activating group) is 1. The number of nitrogens with zero attached hydrogens (tertiary/aromatic N) is 2. The smallest absolute Gasteiger partial charge is 0.193 e. The zero-order valence-corrected chi connectivity index (χ0v) is 14.8. The summed E-state index contributed by atoms with van der Waals surface area (Å²) < 4.78 is 5.70. The normalized spacial score (nSPS) is 16.2. The minimum atomic E-state index is 0.550. The summed E-state index contributed by atoms with van der Waals surface area (Å²) in [6, 6.07) is 10.7. The van der Waals surface area contributed by atoms with E-state index in [9.17, 15) is 0 Å². The van der Waals surface area contributed by atoms with Gasteiger partial charge in [-0.1, -0.05) is 37.3 Å². The Kier molecular flexibility index (Phi) is 7.40. The summed E-state index contributed by atoms with van der Waals surface area (Å²) in [6.45, 7) is 5.77. The Bertz CT molecular complexity index is 471. The predicted molar refractivity (Wildman–Crippen MR) is 97.0 cm³/mol. The van der Waals surface area contributed by atoms with E-state index in [-0.39, 0.29) is 0 Å². The van der Waals surface area contributed by atoms with E-state index in [1.54, 1.807) is 0 Å². The summed E-state index contributed by atoms with van der Waals surface area (Å²) in [5.74, 6) is 2.33. The summed E-state index contributed by atoms with van der Waals surface area (Å²) >= 11 is 0. The Hall–Kier alpha value is -1.55. The highest BCUT2D eigenvalue weighted by molar-refractivity contribution is 5.79. The zero-order valence-electron chi connectivity index (χ0n) is 14.8. The fourth-order valence-electron chi connectivity index (χ4n) is 2.58. The molecule has 0 amide bonds. The van der Waals surface area contributed by atoms with Gasteiger partial charge in [-0.05, 0) is 36.7 Å². The number of hydrogen-bond acceptors (Lipinski definition) is 2. The van der Waals surface area contributed by atoms with Gasteiger partial charge in [-0.3, -0.25) is 4.99 Å². The SMILES string of the molecule is CN=C(NCCC(C)c1ccccc1)N(C)CCOCC1CC1. The second kappa shape index (κ2) is 9.56. The van der Waals surface area contributed by atoms with E-state index in [1.165, 1.54) is 18.4 Å². The molecule has 0 spiro atoms. The minimum Gasteiger partial charge on any atom is -0.379 e. The molecule has 1 aromatic carbocycles. The van der Waals surface area contributed by atoms with Gasteiger partial charge in [0.1, 0.15) is 0 Å². The van der Waals surface area contributed by atoms with Gasteiger partial charge in [-0.15, -0.1) is 0 Å². The van der Waals surface area contributed by atoms with Crippen molar-refractivity contribution in [2.75, 3.05) is 40.4 Å². The molecule has 128 valence electrons. The number of nitrogens with one attached hydrogen (secondary N) is 1. The summed E-state index contributed by atoms with van der Waals surface area (Å²) in [5.41, 5.74) is 1.39. The van der Waals surface area contributed by atoms with Gasteiger partial charge >= 0.3 is 0 Å². The molecule has 4 nitrogen and oxygen atoms in total. The molecule has 1 aromatic rings. The lowest BCUT2D eigenvalue weighted by Crippen LogP contribution is -2.41. The molecule has 2 rings (SSSR count). The predicted octanol–water partition coefficient (Wildman–Crippen LogP) is 3.11. The molecule has 1 N–H and O–H groups in total. The number of hydrogen-bond donors (Lipinski definition) is 1. The highest BCUT2D eigenvalue weighted by Gasteiger charge is 2.21. The summed E-state index contributed by atoms with van der Waals surface area (Å²) in [7, 11) is 3.90. The lowest BCUT2D eigenvalue weighted by molar-refractivity contribution is 0.115. The fourth-order valence-corrected chi connectivity index (χ4v) is 2.58. The van der Waals surface area contributed by atoms with Crippen LogP contribution in [0.1, 0.15) is 37.7 Å². The van der Waals surface area contributed by atoms with Crippen LogP contribution in [-0.4, -0.2) is 51.3 Å². The molecule has 1 unspecified atom stereocenters. The van der Waals surface area contributed by atoms with E-state index in [2.05, 4.69) is 59.5 Å². The van der Waals surface area contributed by atoms with Crippen molar-refractivity contribution in [2.24, 2.45) is 10.9 Å². The monoisotopic (exact) mass is 317 g/mol. The van der Waals surface area contributed by atoms with E-state index in [0.29, 0.717) is 5.92 Å². The van der Waals surface area contributed by atoms with E-state index >= 15 is 0 Å². The van der Waals surface area contributed by atoms with Crippen LogP contribution in [0.5, 0.6) is 0 Å². The first-order valence-corrected chi connectivity index (χ1v) is 8.75. The van der Waals surface area contributed by atoms with Crippen molar-refractivity contribution >= 4 is 5.96 Å². The van der Waals surface area contributed by atoms with Crippen LogP contribution >= 0.6 is 0 Å². The summed E-state index contributed by atoms with van der Waals surface area (Å²) in [4.78, 5) is 6.50. The van der Waals surface area contributed by atoms with Crippen LogP contribution in [0.2, 0.25) is 0 Å². The first-order chi connectivity index (χ1) is 11.2. The van der Waals surface area contributed by atoms with Gasteiger partial charge in [0, 0.05) is 33.8 Å².